The van der Waals surface area contributed by atoms with Gasteiger partial charge in [-0.2, -0.15) is 0 Å². The van der Waals surface area contributed by atoms with Gasteiger partial charge in [0.15, 0.2) is 0 Å². The van der Waals surface area contributed by atoms with E-state index in [2.05, 4.69) is 12.2 Å². The molecule has 0 aliphatic carbocycles. The van der Waals surface area contributed by atoms with Crippen LogP contribution in [0.15, 0.2) is 24.3 Å². The number of anilines is 1. The standard InChI is InChI=1S/C18H24N2O3/c1-13-5-3-9-20(12-13)18(22)14-6-2-7-15(11-14)19-17(21)16-8-4-10-23-16/h2,6-7,11,13,16H,3-5,8-10,12H2,1H3,(H,19,21)/t13-,16-/m0/s1. The number of nitrogens with zero attached hydrogens (tertiary/aromatic N) is 1. The lowest BCUT2D eigenvalue weighted by Crippen LogP contribution is -2.39. The molecule has 23 heavy (non-hydrogen) atoms. The minimum absolute atomic E-state index is 0.0461. The van der Waals surface area contributed by atoms with Crippen LogP contribution in [0.1, 0.15) is 43.0 Å². The molecule has 1 aromatic carbocycles. The molecule has 124 valence electrons. The third-order valence-electron chi connectivity index (χ3n) is 4.54. The molecule has 0 unspecified atom stereocenters. The molecular formula is C18H24N2O3. The van der Waals surface area contributed by atoms with Gasteiger partial charge in [-0.05, 0) is 49.8 Å². The number of rotatable bonds is 3. The molecule has 3 rings (SSSR count). The van der Waals surface area contributed by atoms with Gasteiger partial charge in [-0.15, -0.1) is 0 Å². The quantitative estimate of drug-likeness (QED) is 0.932. The van der Waals surface area contributed by atoms with Crippen molar-refractivity contribution in [3.63, 3.8) is 0 Å². The predicted molar refractivity (Wildman–Crippen MR) is 88.3 cm³/mol. The van der Waals surface area contributed by atoms with Gasteiger partial charge in [-0.25, -0.2) is 0 Å². The molecule has 0 spiro atoms. The predicted octanol–water partition coefficient (Wildman–Crippen LogP) is 2.68. The molecule has 5 heteroatoms. The van der Waals surface area contributed by atoms with Crippen LogP contribution in [-0.4, -0.2) is 42.5 Å². The van der Waals surface area contributed by atoms with Crippen LogP contribution in [0, 0.1) is 5.92 Å². The minimum atomic E-state index is -0.364. The van der Waals surface area contributed by atoms with Gasteiger partial charge in [0.25, 0.3) is 11.8 Å². The fourth-order valence-corrected chi connectivity index (χ4v) is 3.29. The number of hydrogen-bond donors (Lipinski definition) is 1. The maximum Gasteiger partial charge on any atom is 0.253 e. The van der Waals surface area contributed by atoms with Gasteiger partial charge in [-0.1, -0.05) is 13.0 Å². The second-order valence-corrected chi connectivity index (χ2v) is 6.57. The summed E-state index contributed by atoms with van der Waals surface area (Å²) >= 11 is 0. The highest BCUT2D eigenvalue weighted by molar-refractivity contribution is 5.98. The van der Waals surface area contributed by atoms with Crippen LogP contribution >= 0.6 is 0 Å². The Bertz CT molecular complexity index is 581. The van der Waals surface area contributed by atoms with Crippen molar-refractivity contribution in [1.29, 1.82) is 0 Å². The van der Waals surface area contributed by atoms with Crippen LogP contribution < -0.4 is 5.32 Å². The number of carbonyl (C=O) groups is 2. The van der Waals surface area contributed by atoms with E-state index in [-0.39, 0.29) is 17.9 Å². The van der Waals surface area contributed by atoms with Crippen molar-refractivity contribution in [3.8, 4) is 0 Å². The number of carbonyl (C=O) groups excluding carboxylic acids is 2. The summed E-state index contributed by atoms with van der Waals surface area (Å²) in [6, 6.07) is 7.19. The number of hydrogen-bond acceptors (Lipinski definition) is 3. The van der Waals surface area contributed by atoms with Crippen molar-refractivity contribution in [2.24, 2.45) is 5.92 Å². The molecule has 0 bridgehead atoms. The second kappa shape index (κ2) is 7.13. The Labute approximate surface area is 137 Å². The summed E-state index contributed by atoms with van der Waals surface area (Å²) in [7, 11) is 0. The number of nitrogens with one attached hydrogen (secondary N) is 1. The summed E-state index contributed by atoms with van der Waals surface area (Å²) in [6.45, 7) is 4.45. The number of ether oxygens (including phenoxy) is 1. The molecule has 5 nitrogen and oxygen atoms in total. The molecule has 2 amide bonds. The summed E-state index contributed by atoms with van der Waals surface area (Å²) in [5, 5.41) is 2.86. The van der Waals surface area contributed by atoms with Crippen LogP contribution in [0.4, 0.5) is 5.69 Å². The molecular weight excluding hydrogens is 292 g/mol. The minimum Gasteiger partial charge on any atom is -0.368 e. The van der Waals surface area contributed by atoms with Gasteiger partial charge >= 0.3 is 0 Å². The Morgan fingerprint density at radius 1 is 1.26 bits per heavy atom. The van der Waals surface area contributed by atoms with Crippen molar-refractivity contribution in [3.05, 3.63) is 29.8 Å². The molecule has 1 N–H and O–H groups in total. The first kappa shape index (κ1) is 16.0. The maximum absolute atomic E-state index is 12.6. The van der Waals surface area contributed by atoms with Crippen molar-refractivity contribution >= 4 is 17.5 Å². The largest absolute Gasteiger partial charge is 0.368 e. The molecule has 0 radical (unpaired) electrons. The number of piperidine rings is 1. The van der Waals surface area contributed by atoms with Gasteiger partial charge in [0.2, 0.25) is 0 Å². The molecule has 2 heterocycles. The van der Waals surface area contributed by atoms with E-state index >= 15 is 0 Å². The highest BCUT2D eigenvalue weighted by atomic mass is 16.5. The number of amides is 2. The highest BCUT2D eigenvalue weighted by Gasteiger charge is 2.25. The van der Waals surface area contributed by atoms with Gasteiger partial charge in [0.05, 0.1) is 0 Å². The number of benzene rings is 1. The summed E-state index contributed by atoms with van der Waals surface area (Å²) < 4.78 is 5.38. The Morgan fingerprint density at radius 2 is 2.13 bits per heavy atom. The third kappa shape index (κ3) is 3.91. The van der Waals surface area contributed by atoms with E-state index in [1.165, 1.54) is 6.42 Å². The van der Waals surface area contributed by atoms with Crippen molar-refractivity contribution in [1.82, 2.24) is 4.90 Å². The average Bonchev–Trinajstić information content (AvgIpc) is 3.09. The van der Waals surface area contributed by atoms with Crippen LogP contribution in [0.25, 0.3) is 0 Å². The Balaban J connectivity index is 1.66. The van der Waals surface area contributed by atoms with Gasteiger partial charge in [-0.3, -0.25) is 9.59 Å². The Kier molecular flexibility index (Phi) is 4.96. The molecule has 0 saturated carbocycles. The lowest BCUT2D eigenvalue weighted by atomic mass is 9.99. The molecule has 2 aliphatic rings. The highest BCUT2D eigenvalue weighted by Crippen LogP contribution is 2.20. The monoisotopic (exact) mass is 316 g/mol. The summed E-state index contributed by atoms with van der Waals surface area (Å²) in [5.41, 5.74) is 1.28. The van der Waals surface area contributed by atoms with E-state index in [1.54, 1.807) is 6.07 Å². The molecule has 2 fully saturated rings. The second-order valence-electron chi connectivity index (χ2n) is 6.57. The lowest BCUT2D eigenvalue weighted by molar-refractivity contribution is -0.124. The zero-order valence-electron chi connectivity index (χ0n) is 13.6. The molecule has 0 aromatic heterocycles. The van der Waals surface area contributed by atoms with E-state index in [0.717, 1.165) is 32.4 Å². The number of likely N-dealkylation sites (tertiary alicyclic amines) is 1. The maximum atomic E-state index is 12.6. The molecule has 2 saturated heterocycles. The summed E-state index contributed by atoms with van der Waals surface area (Å²) in [4.78, 5) is 26.6. The summed E-state index contributed by atoms with van der Waals surface area (Å²) in [5.74, 6) is 0.471. The van der Waals surface area contributed by atoms with E-state index < -0.39 is 0 Å². The molecule has 1 aromatic rings. The van der Waals surface area contributed by atoms with Crippen molar-refractivity contribution < 1.29 is 14.3 Å². The van der Waals surface area contributed by atoms with Gasteiger partial charge in [0.1, 0.15) is 6.10 Å². The van der Waals surface area contributed by atoms with Crippen molar-refractivity contribution in [2.45, 2.75) is 38.7 Å². The zero-order valence-corrected chi connectivity index (χ0v) is 13.6. The topological polar surface area (TPSA) is 58.6 Å². The van der Waals surface area contributed by atoms with E-state index in [9.17, 15) is 9.59 Å². The average molecular weight is 316 g/mol. The summed E-state index contributed by atoms with van der Waals surface area (Å²) in [6.07, 6.45) is 3.56. The van der Waals surface area contributed by atoms with Crippen LogP contribution in [0.5, 0.6) is 0 Å². The van der Waals surface area contributed by atoms with Crippen LogP contribution in [0.2, 0.25) is 0 Å². The fourth-order valence-electron chi connectivity index (χ4n) is 3.29. The first-order valence-electron chi connectivity index (χ1n) is 8.45. The van der Waals surface area contributed by atoms with Gasteiger partial charge < -0.3 is 15.0 Å². The van der Waals surface area contributed by atoms with E-state index in [0.29, 0.717) is 23.8 Å². The van der Waals surface area contributed by atoms with Crippen LogP contribution in [-0.2, 0) is 9.53 Å². The zero-order chi connectivity index (χ0) is 16.2. The normalized spacial score (nSPS) is 24.5. The molecule has 2 atom stereocenters. The SMILES string of the molecule is C[C@H]1CCCN(C(=O)c2cccc(NC(=O)[C@@H]3CCCO3)c2)C1. The Hall–Kier alpha value is -1.88. The first-order chi connectivity index (χ1) is 11.1. The van der Waals surface area contributed by atoms with Crippen molar-refractivity contribution in [2.75, 3.05) is 25.0 Å². The Morgan fingerprint density at radius 3 is 2.87 bits per heavy atom. The van der Waals surface area contributed by atoms with Crippen LogP contribution in [0.3, 0.4) is 0 Å². The first-order valence-corrected chi connectivity index (χ1v) is 8.45. The van der Waals surface area contributed by atoms with E-state index in [1.807, 2.05) is 23.1 Å². The third-order valence-corrected chi connectivity index (χ3v) is 4.54. The molecule has 2 aliphatic heterocycles. The van der Waals surface area contributed by atoms with Gasteiger partial charge in [0, 0.05) is 30.9 Å². The lowest BCUT2D eigenvalue weighted by Gasteiger charge is -2.31. The fraction of sp³-hybridized carbons (Fsp3) is 0.556. The smallest absolute Gasteiger partial charge is 0.253 e. The van der Waals surface area contributed by atoms with E-state index in [4.69, 9.17) is 4.74 Å².